The van der Waals surface area contributed by atoms with Crippen LogP contribution in [0.4, 0.5) is 0 Å². The normalized spacial score (nSPS) is 18.1. The average Bonchev–Trinajstić information content (AvgIpc) is 2.52. The summed E-state index contributed by atoms with van der Waals surface area (Å²) in [5.74, 6) is 0.219. The average molecular weight is 368 g/mol. The minimum absolute atomic E-state index is 0.145. The lowest BCUT2D eigenvalue weighted by Crippen LogP contribution is -2.28. The summed E-state index contributed by atoms with van der Waals surface area (Å²) < 4.78 is 28.4. The number of halogens is 1. The van der Waals surface area contributed by atoms with Gasteiger partial charge in [0, 0.05) is 29.6 Å². The third kappa shape index (κ3) is 3.28. The van der Waals surface area contributed by atoms with Gasteiger partial charge in [0.1, 0.15) is 5.15 Å². The Hall–Kier alpha value is -1.21. The van der Waals surface area contributed by atoms with Crippen LogP contribution in [0.1, 0.15) is 43.9 Å². The maximum absolute atomic E-state index is 12.8. The SMILES string of the molecule is CC(C)CNS(=O)(=O)c1cc2c(c3cnc(Cl)cc13)CCCC2N. The van der Waals surface area contributed by atoms with E-state index in [1.807, 2.05) is 13.8 Å². The topological polar surface area (TPSA) is 85.1 Å². The van der Waals surface area contributed by atoms with E-state index in [-0.39, 0.29) is 22.0 Å². The van der Waals surface area contributed by atoms with E-state index in [9.17, 15) is 8.42 Å². The van der Waals surface area contributed by atoms with Crippen LogP contribution in [-0.2, 0) is 16.4 Å². The van der Waals surface area contributed by atoms with Crippen LogP contribution in [0.5, 0.6) is 0 Å². The van der Waals surface area contributed by atoms with E-state index in [0.29, 0.717) is 11.9 Å². The summed E-state index contributed by atoms with van der Waals surface area (Å²) in [5, 5.41) is 1.72. The van der Waals surface area contributed by atoms with E-state index < -0.39 is 10.0 Å². The Morgan fingerprint density at radius 1 is 1.38 bits per heavy atom. The molecule has 7 heteroatoms. The van der Waals surface area contributed by atoms with E-state index in [1.54, 1.807) is 18.3 Å². The fourth-order valence-corrected chi connectivity index (χ4v) is 4.78. The van der Waals surface area contributed by atoms with Crippen molar-refractivity contribution in [3.05, 3.63) is 34.6 Å². The molecule has 1 aliphatic rings. The Bertz CT molecular complexity index is 881. The zero-order valence-electron chi connectivity index (χ0n) is 13.8. The molecule has 24 heavy (non-hydrogen) atoms. The van der Waals surface area contributed by atoms with Gasteiger partial charge in [-0.3, -0.25) is 0 Å². The summed E-state index contributed by atoms with van der Waals surface area (Å²) in [6.07, 6.45) is 4.39. The second-order valence-electron chi connectivity index (χ2n) is 6.74. The highest BCUT2D eigenvalue weighted by Gasteiger charge is 2.26. The number of nitrogens with zero attached hydrogens (tertiary/aromatic N) is 1. The standard InChI is InChI=1S/C17H22ClN3O2S/c1-10(2)8-21-24(22,23)16-6-12-11(4-3-5-15(12)19)14-9-20-17(18)7-13(14)16/h6-7,9-10,15,21H,3-5,8,19H2,1-2H3. The molecule has 1 atom stereocenters. The van der Waals surface area contributed by atoms with E-state index in [1.165, 1.54) is 0 Å². The van der Waals surface area contributed by atoms with Crippen molar-refractivity contribution in [1.29, 1.82) is 0 Å². The van der Waals surface area contributed by atoms with Gasteiger partial charge in [-0.2, -0.15) is 0 Å². The Balaban J connectivity index is 2.25. The Morgan fingerprint density at radius 2 is 2.12 bits per heavy atom. The van der Waals surface area contributed by atoms with Gasteiger partial charge in [0.2, 0.25) is 10.0 Å². The molecule has 0 radical (unpaired) electrons. The lowest BCUT2D eigenvalue weighted by atomic mass is 9.85. The number of nitrogens with two attached hydrogens (primary N) is 1. The molecule has 3 N–H and O–H groups in total. The van der Waals surface area contributed by atoms with E-state index in [4.69, 9.17) is 17.3 Å². The van der Waals surface area contributed by atoms with E-state index in [2.05, 4.69) is 9.71 Å². The van der Waals surface area contributed by atoms with Crippen LogP contribution in [0.3, 0.4) is 0 Å². The zero-order chi connectivity index (χ0) is 17.5. The van der Waals surface area contributed by atoms with E-state index in [0.717, 1.165) is 35.8 Å². The molecule has 3 rings (SSSR count). The molecule has 2 aromatic rings. The molecule has 1 heterocycles. The summed E-state index contributed by atoms with van der Waals surface area (Å²) in [7, 11) is -3.65. The number of aryl methyl sites for hydroxylation is 1. The first-order valence-corrected chi connectivity index (χ1v) is 10.0. The van der Waals surface area contributed by atoms with Gasteiger partial charge in [0.05, 0.1) is 4.90 Å². The van der Waals surface area contributed by atoms with Gasteiger partial charge >= 0.3 is 0 Å². The highest BCUT2D eigenvalue weighted by molar-refractivity contribution is 7.89. The minimum Gasteiger partial charge on any atom is -0.324 e. The van der Waals surface area contributed by atoms with Crippen molar-refractivity contribution in [2.45, 2.75) is 44.0 Å². The molecular weight excluding hydrogens is 346 g/mol. The molecule has 130 valence electrons. The summed E-state index contributed by atoms with van der Waals surface area (Å²) in [5.41, 5.74) is 8.24. The number of hydrogen-bond acceptors (Lipinski definition) is 4. The Kier molecular flexibility index (Phi) is 4.84. The quantitative estimate of drug-likeness (QED) is 0.813. The number of pyridine rings is 1. The van der Waals surface area contributed by atoms with Crippen molar-refractivity contribution in [2.24, 2.45) is 11.7 Å². The summed E-state index contributed by atoms with van der Waals surface area (Å²) in [4.78, 5) is 4.38. The minimum atomic E-state index is -3.65. The second kappa shape index (κ2) is 6.59. The summed E-state index contributed by atoms with van der Waals surface area (Å²) in [6, 6.07) is 3.20. The summed E-state index contributed by atoms with van der Waals surface area (Å²) in [6.45, 7) is 4.31. The number of rotatable bonds is 4. The molecule has 1 aliphatic carbocycles. The summed E-state index contributed by atoms with van der Waals surface area (Å²) >= 11 is 6.03. The van der Waals surface area contributed by atoms with Gasteiger partial charge in [-0.05, 0) is 48.4 Å². The molecule has 0 saturated heterocycles. The van der Waals surface area contributed by atoms with Crippen molar-refractivity contribution < 1.29 is 8.42 Å². The van der Waals surface area contributed by atoms with Gasteiger partial charge < -0.3 is 5.73 Å². The smallest absolute Gasteiger partial charge is 0.241 e. The third-order valence-corrected chi connectivity index (χ3v) is 6.08. The molecule has 0 bridgehead atoms. The maximum Gasteiger partial charge on any atom is 0.241 e. The first-order valence-electron chi connectivity index (χ1n) is 8.16. The first-order chi connectivity index (χ1) is 11.3. The lowest BCUT2D eigenvalue weighted by molar-refractivity contribution is 0.557. The number of nitrogens with one attached hydrogen (secondary N) is 1. The molecule has 0 spiro atoms. The Morgan fingerprint density at radius 3 is 2.83 bits per heavy atom. The second-order valence-corrected chi connectivity index (χ2v) is 8.86. The van der Waals surface area contributed by atoms with Crippen LogP contribution in [0.2, 0.25) is 5.15 Å². The predicted molar refractivity (Wildman–Crippen MR) is 96.6 cm³/mol. The largest absolute Gasteiger partial charge is 0.324 e. The Labute approximate surface area is 147 Å². The molecule has 0 fully saturated rings. The number of aromatic nitrogens is 1. The third-order valence-electron chi connectivity index (χ3n) is 4.41. The highest BCUT2D eigenvalue weighted by atomic mass is 35.5. The first kappa shape index (κ1) is 17.6. The van der Waals surface area contributed by atoms with Crippen LogP contribution >= 0.6 is 11.6 Å². The van der Waals surface area contributed by atoms with E-state index >= 15 is 0 Å². The molecule has 1 unspecified atom stereocenters. The van der Waals surface area contributed by atoms with Crippen LogP contribution in [0, 0.1) is 5.92 Å². The van der Waals surface area contributed by atoms with Gasteiger partial charge in [-0.1, -0.05) is 25.4 Å². The number of sulfonamides is 1. The number of fused-ring (bicyclic) bond motifs is 3. The van der Waals surface area contributed by atoms with Crippen molar-refractivity contribution in [3.8, 4) is 0 Å². The van der Waals surface area contributed by atoms with Crippen molar-refractivity contribution in [3.63, 3.8) is 0 Å². The van der Waals surface area contributed by atoms with Crippen LogP contribution < -0.4 is 10.5 Å². The molecule has 0 amide bonds. The van der Waals surface area contributed by atoms with Gasteiger partial charge in [0.25, 0.3) is 0 Å². The fourth-order valence-electron chi connectivity index (χ4n) is 3.18. The number of benzene rings is 1. The molecule has 5 nitrogen and oxygen atoms in total. The van der Waals surface area contributed by atoms with Crippen LogP contribution in [-0.4, -0.2) is 19.9 Å². The fraction of sp³-hybridized carbons (Fsp3) is 0.471. The predicted octanol–water partition coefficient (Wildman–Crippen LogP) is 3.16. The van der Waals surface area contributed by atoms with Gasteiger partial charge in [-0.25, -0.2) is 18.1 Å². The van der Waals surface area contributed by atoms with Crippen molar-refractivity contribution in [2.75, 3.05) is 6.54 Å². The monoisotopic (exact) mass is 367 g/mol. The molecule has 0 aliphatic heterocycles. The van der Waals surface area contributed by atoms with Crippen LogP contribution in [0.15, 0.2) is 23.2 Å². The number of hydrogen-bond donors (Lipinski definition) is 2. The molecular formula is C17H22ClN3O2S. The van der Waals surface area contributed by atoms with Crippen molar-refractivity contribution >= 4 is 32.4 Å². The molecule has 0 saturated carbocycles. The molecule has 1 aromatic heterocycles. The van der Waals surface area contributed by atoms with Gasteiger partial charge in [0.15, 0.2) is 0 Å². The van der Waals surface area contributed by atoms with Crippen molar-refractivity contribution in [1.82, 2.24) is 9.71 Å². The lowest BCUT2D eigenvalue weighted by Gasteiger charge is -2.25. The molecule has 1 aromatic carbocycles. The van der Waals surface area contributed by atoms with Gasteiger partial charge in [-0.15, -0.1) is 0 Å². The van der Waals surface area contributed by atoms with Crippen LogP contribution in [0.25, 0.3) is 10.8 Å². The highest BCUT2D eigenvalue weighted by Crippen LogP contribution is 2.37. The zero-order valence-corrected chi connectivity index (χ0v) is 15.4. The maximum atomic E-state index is 12.8.